The topological polar surface area (TPSA) is 55.8 Å². The van der Waals surface area contributed by atoms with Crippen LogP contribution in [0.25, 0.3) is 0 Å². The van der Waals surface area contributed by atoms with Crippen LogP contribution in [0.3, 0.4) is 0 Å². The molecule has 1 aromatic rings. The van der Waals surface area contributed by atoms with E-state index in [1.165, 1.54) is 12.1 Å². The summed E-state index contributed by atoms with van der Waals surface area (Å²) in [5.41, 5.74) is 0.568. The highest BCUT2D eigenvalue weighted by atomic mass is 19.1. The molecule has 0 amide bonds. The average molecular weight is 281 g/mol. The number of halogens is 1. The summed E-state index contributed by atoms with van der Waals surface area (Å²) in [5, 5.41) is 0. The Balaban J connectivity index is 2.32. The van der Waals surface area contributed by atoms with Crippen molar-refractivity contribution in [3.8, 4) is 0 Å². The van der Waals surface area contributed by atoms with E-state index in [2.05, 4.69) is 4.74 Å². The molecule has 108 valence electrons. The number of carbonyl (C=O) groups excluding carboxylic acids is 2. The van der Waals surface area contributed by atoms with Crippen molar-refractivity contribution in [2.45, 2.75) is 6.92 Å². The van der Waals surface area contributed by atoms with Crippen LogP contribution in [0.5, 0.6) is 0 Å². The molecule has 1 aliphatic rings. The third-order valence-electron chi connectivity index (χ3n) is 3.02. The number of anilines is 1. The van der Waals surface area contributed by atoms with E-state index in [4.69, 9.17) is 4.74 Å². The monoisotopic (exact) mass is 281 g/mol. The van der Waals surface area contributed by atoms with Gasteiger partial charge in [-0.1, -0.05) is 0 Å². The summed E-state index contributed by atoms with van der Waals surface area (Å²) in [6, 6.07) is 3.85. The van der Waals surface area contributed by atoms with Crippen LogP contribution in [-0.2, 0) is 14.3 Å². The van der Waals surface area contributed by atoms with Crippen LogP contribution in [0.2, 0.25) is 0 Å². The van der Waals surface area contributed by atoms with E-state index in [1.54, 1.807) is 6.92 Å². The van der Waals surface area contributed by atoms with E-state index >= 15 is 0 Å². The lowest BCUT2D eigenvalue weighted by Crippen LogP contribution is -2.37. The second-order valence-corrected chi connectivity index (χ2v) is 4.31. The summed E-state index contributed by atoms with van der Waals surface area (Å²) in [5.74, 6) is -2.35. The summed E-state index contributed by atoms with van der Waals surface area (Å²) in [7, 11) is 0. The normalized spacial score (nSPS) is 15.0. The Morgan fingerprint density at radius 3 is 2.70 bits per heavy atom. The van der Waals surface area contributed by atoms with Gasteiger partial charge in [0, 0.05) is 18.8 Å². The molecule has 0 spiro atoms. The van der Waals surface area contributed by atoms with Gasteiger partial charge in [0.25, 0.3) is 5.78 Å². The maximum absolute atomic E-state index is 13.4. The lowest BCUT2D eigenvalue weighted by atomic mass is 10.1. The molecule has 0 aromatic heterocycles. The van der Waals surface area contributed by atoms with Gasteiger partial charge in [-0.3, -0.25) is 4.79 Å². The molecule has 0 N–H and O–H groups in total. The molecule has 1 aromatic carbocycles. The van der Waals surface area contributed by atoms with Crippen LogP contribution < -0.4 is 4.90 Å². The van der Waals surface area contributed by atoms with Crippen LogP contribution in [0.1, 0.15) is 17.3 Å². The highest BCUT2D eigenvalue weighted by Crippen LogP contribution is 2.23. The molecule has 0 bridgehead atoms. The molecule has 5 nitrogen and oxygen atoms in total. The Kier molecular flexibility index (Phi) is 4.68. The molecular formula is C14H16FNO4. The Labute approximate surface area is 116 Å². The molecule has 2 rings (SSSR count). The zero-order chi connectivity index (χ0) is 14.5. The fourth-order valence-electron chi connectivity index (χ4n) is 2.08. The van der Waals surface area contributed by atoms with Crippen molar-refractivity contribution in [2.24, 2.45) is 0 Å². The largest absolute Gasteiger partial charge is 0.460 e. The number of rotatable bonds is 4. The molecule has 0 radical (unpaired) electrons. The van der Waals surface area contributed by atoms with Crippen molar-refractivity contribution in [1.29, 1.82) is 0 Å². The fraction of sp³-hybridized carbons (Fsp3) is 0.429. The third-order valence-corrected chi connectivity index (χ3v) is 3.02. The van der Waals surface area contributed by atoms with Crippen LogP contribution in [0.4, 0.5) is 10.1 Å². The van der Waals surface area contributed by atoms with Crippen molar-refractivity contribution in [1.82, 2.24) is 0 Å². The van der Waals surface area contributed by atoms with Gasteiger partial charge in [0.2, 0.25) is 0 Å². The number of nitrogens with zero attached hydrogens (tertiary/aromatic N) is 1. The zero-order valence-electron chi connectivity index (χ0n) is 11.2. The summed E-state index contributed by atoms with van der Waals surface area (Å²) >= 11 is 0. The lowest BCUT2D eigenvalue weighted by Gasteiger charge is -2.30. The highest BCUT2D eigenvalue weighted by molar-refractivity contribution is 6.41. The van der Waals surface area contributed by atoms with Gasteiger partial charge in [-0.2, -0.15) is 0 Å². The minimum atomic E-state index is -0.965. The van der Waals surface area contributed by atoms with E-state index in [-0.39, 0.29) is 12.2 Å². The van der Waals surface area contributed by atoms with Gasteiger partial charge in [0.15, 0.2) is 0 Å². The number of esters is 1. The Hall–Kier alpha value is -1.95. The first-order chi connectivity index (χ1) is 9.63. The van der Waals surface area contributed by atoms with Crippen LogP contribution in [0, 0.1) is 5.82 Å². The SMILES string of the molecule is CCOC(=O)C(=O)c1cc(F)ccc1N1CCOCC1. The van der Waals surface area contributed by atoms with E-state index < -0.39 is 17.6 Å². The number of carbonyl (C=O) groups is 2. The summed E-state index contributed by atoms with van der Waals surface area (Å²) in [6.07, 6.45) is 0. The number of hydrogen-bond acceptors (Lipinski definition) is 5. The van der Waals surface area contributed by atoms with Gasteiger partial charge in [-0.05, 0) is 25.1 Å². The van der Waals surface area contributed by atoms with Gasteiger partial charge in [-0.25, -0.2) is 9.18 Å². The molecule has 1 fully saturated rings. The first-order valence-corrected chi connectivity index (χ1v) is 6.47. The number of benzene rings is 1. The predicted octanol–water partition coefficient (Wildman–Crippen LogP) is 1.41. The van der Waals surface area contributed by atoms with Crippen molar-refractivity contribution in [3.63, 3.8) is 0 Å². The maximum atomic E-state index is 13.4. The number of ether oxygens (including phenoxy) is 2. The minimum absolute atomic E-state index is 0.0327. The molecule has 6 heteroatoms. The summed E-state index contributed by atoms with van der Waals surface area (Å²) in [4.78, 5) is 25.5. The highest BCUT2D eigenvalue weighted by Gasteiger charge is 2.24. The van der Waals surface area contributed by atoms with Crippen molar-refractivity contribution in [3.05, 3.63) is 29.6 Å². The molecular weight excluding hydrogens is 265 g/mol. The molecule has 1 heterocycles. The fourth-order valence-corrected chi connectivity index (χ4v) is 2.08. The number of hydrogen-bond donors (Lipinski definition) is 0. The smallest absolute Gasteiger partial charge is 0.379 e. The van der Waals surface area contributed by atoms with Crippen LogP contribution in [-0.4, -0.2) is 44.7 Å². The van der Waals surface area contributed by atoms with Gasteiger partial charge in [0.1, 0.15) is 5.82 Å². The second kappa shape index (κ2) is 6.47. The van der Waals surface area contributed by atoms with Gasteiger partial charge in [0.05, 0.1) is 25.4 Å². The van der Waals surface area contributed by atoms with E-state index in [1.807, 2.05) is 4.90 Å². The number of Topliss-reactive ketones (excluding diaryl/α,β-unsaturated/α-hetero) is 1. The van der Waals surface area contributed by atoms with Crippen molar-refractivity contribution in [2.75, 3.05) is 37.8 Å². The Morgan fingerprint density at radius 1 is 1.35 bits per heavy atom. The first-order valence-electron chi connectivity index (χ1n) is 6.47. The quantitative estimate of drug-likeness (QED) is 0.474. The predicted molar refractivity (Wildman–Crippen MR) is 70.4 cm³/mol. The Bertz CT molecular complexity index is 512. The van der Waals surface area contributed by atoms with Gasteiger partial charge >= 0.3 is 5.97 Å². The number of morpholine rings is 1. The summed E-state index contributed by atoms with van der Waals surface area (Å²) < 4.78 is 23.3. The molecule has 0 unspecified atom stereocenters. The summed E-state index contributed by atoms with van der Waals surface area (Å²) in [6.45, 7) is 3.96. The van der Waals surface area contributed by atoms with E-state index in [9.17, 15) is 14.0 Å². The first kappa shape index (κ1) is 14.5. The van der Waals surface area contributed by atoms with Crippen molar-refractivity contribution < 1.29 is 23.5 Å². The lowest BCUT2D eigenvalue weighted by molar-refractivity contribution is -0.137. The molecule has 0 saturated carbocycles. The van der Waals surface area contributed by atoms with Crippen LogP contribution >= 0.6 is 0 Å². The molecule has 1 saturated heterocycles. The van der Waals surface area contributed by atoms with E-state index in [0.717, 1.165) is 6.07 Å². The molecule has 1 aliphatic heterocycles. The Morgan fingerprint density at radius 2 is 2.05 bits per heavy atom. The molecule has 0 atom stereocenters. The second-order valence-electron chi connectivity index (χ2n) is 4.31. The zero-order valence-corrected chi connectivity index (χ0v) is 11.2. The van der Waals surface area contributed by atoms with E-state index in [0.29, 0.717) is 32.0 Å². The maximum Gasteiger partial charge on any atom is 0.379 e. The van der Waals surface area contributed by atoms with Crippen molar-refractivity contribution >= 4 is 17.4 Å². The standard InChI is InChI=1S/C14H16FNO4/c1-2-20-14(18)13(17)11-9-10(15)3-4-12(11)16-5-7-19-8-6-16/h3-4,9H,2,5-8H2,1H3. The van der Waals surface area contributed by atoms with Crippen LogP contribution in [0.15, 0.2) is 18.2 Å². The molecule has 0 aliphatic carbocycles. The molecule has 20 heavy (non-hydrogen) atoms. The van der Waals surface area contributed by atoms with Gasteiger partial charge < -0.3 is 14.4 Å². The minimum Gasteiger partial charge on any atom is -0.460 e. The van der Waals surface area contributed by atoms with Gasteiger partial charge in [-0.15, -0.1) is 0 Å². The average Bonchev–Trinajstić information content (AvgIpc) is 2.47. The number of ketones is 1. The third kappa shape index (κ3) is 3.14.